The Balaban J connectivity index is 1.57. The van der Waals surface area contributed by atoms with Gasteiger partial charge in [0.05, 0.1) is 11.8 Å². The van der Waals surface area contributed by atoms with Crippen LogP contribution in [0.4, 0.5) is 8.78 Å². The SMILES string of the molecule is CC(NC(=O)C1CCN(S(=O)(=O)Cc2c(F)cccc2Cl)CC1)c1ccc(F)cc1. The maximum Gasteiger partial charge on any atom is 0.223 e. The molecule has 2 aromatic rings. The highest BCUT2D eigenvalue weighted by Crippen LogP contribution is 2.26. The van der Waals surface area contributed by atoms with E-state index in [9.17, 15) is 22.0 Å². The Kier molecular flexibility index (Phi) is 7.10. The third-order valence-corrected chi connectivity index (χ3v) is 7.49. The Morgan fingerprint density at radius 3 is 2.40 bits per heavy atom. The minimum absolute atomic E-state index is 0.0489. The fourth-order valence-electron chi connectivity index (χ4n) is 3.51. The number of carbonyl (C=O) groups excluding carboxylic acids is 1. The molecule has 3 rings (SSSR count). The summed E-state index contributed by atoms with van der Waals surface area (Å²) in [6.07, 6.45) is 0.735. The number of piperidine rings is 1. The Morgan fingerprint density at radius 1 is 1.17 bits per heavy atom. The third kappa shape index (κ3) is 5.36. The summed E-state index contributed by atoms with van der Waals surface area (Å²) in [5, 5.41) is 2.97. The van der Waals surface area contributed by atoms with Gasteiger partial charge in [-0.1, -0.05) is 29.8 Å². The second-order valence-electron chi connectivity index (χ2n) is 7.41. The quantitative estimate of drug-likeness (QED) is 0.713. The number of hydrogen-bond acceptors (Lipinski definition) is 3. The Labute approximate surface area is 180 Å². The molecule has 2 aromatic carbocycles. The summed E-state index contributed by atoms with van der Waals surface area (Å²) in [5.41, 5.74) is 0.735. The highest BCUT2D eigenvalue weighted by molar-refractivity contribution is 7.88. The van der Waals surface area contributed by atoms with E-state index in [0.717, 1.165) is 5.56 Å². The van der Waals surface area contributed by atoms with Crippen molar-refractivity contribution in [3.05, 3.63) is 70.2 Å². The molecule has 0 bridgehead atoms. The van der Waals surface area contributed by atoms with Gasteiger partial charge < -0.3 is 5.32 Å². The summed E-state index contributed by atoms with van der Waals surface area (Å²) in [5.74, 6) is -2.01. The van der Waals surface area contributed by atoms with Gasteiger partial charge in [0.15, 0.2) is 0 Å². The number of rotatable bonds is 6. The van der Waals surface area contributed by atoms with Gasteiger partial charge in [-0.15, -0.1) is 0 Å². The molecule has 1 heterocycles. The van der Waals surface area contributed by atoms with E-state index in [1.54, 1.807) is 12.1 Å². The number of carbonyl (C=O) groups is 1. The molecule has 30 heavy (non-hydrogen) atoms. The lowest BCUT2D eigenvalue weighted by molar-refractivity contribution is -0.126. The van der Waals surface area contributed by atoms with Gasteiger partial charge in [0, 0.05) is 29.6 Å². The molecule has 1 unspecified atom stereocenters. The van der Waals surface area contributed by atoms with Crippen molar-refractivity contribution in [1.29, 1.82) is 0 Å². The first-order valence-corrected chi connectivity index (χ1v) is 11.6. The number of amides is 1. The van der Waals surface area contributed by atoms with Crippen molar-refractivity contribution in [2.75, 3.05) is 13.1 Å². The molecule has 1 aliphatic heterocycles. The number of benzene rings is 2. The molecule has 1 amide bonds. The smallest absolute Gasteiger partial charge is 0.223 e. The van der Waals surface area contributed by atoms with Crippen LogP contribution in [0, 0.1) is 17.6 Å². The van der Waals surface area contributed by atoms with Gasteiger partial charge in [0.2, 0.25) is 15.9 Å². The summed E-state index contributed by atoms with van der Waals surface area (Å²) < 4.78 is 53.7. The normalized spacial score (nSPS) is 16.9. The Bertz CT molecular complexity index is 987. The van der Waals surface area contributed by atoms with Crippen molar-refractivity contribution in [3.8, 4) is 0 Å². The monoisotopic (exact) mass is 456 g/mol. The van der Waals surface area contributed by atoms with Crippen molar-refractivity contribution in [2.24, 2.45) is 5.92 Å². The van der Waals surface area contributed by atoms with Crippen LogP contribution in [-0.4, -0.2) is 31.7 Å². The van der Waals surface area contributed by atoms with E-state index < -0.39 is 21.6 Å². The maximum atomic E-state index is 14.0. The van der Waals surface area contributed by atoms with Crippen LogP contribution in [0.1, 0.15) is 36.9 Å². The van der Waals surface area contributed by atoms with E-state index in [-0.39, 0.29) is 47.4 Å². The average molecular weight is 457 g/mol. The lowest BCUT2D eigenvalue weighted by atomic mass is 9.96. The van der Waals surface area contributed by atoms with Crippen LogP contribution in [0.2, 0.25) is 5.02 Å². The van der Waals surface area contributed by atoms with Gasteiger partial charge in [-0.2, -0.15) is 0 Å². The van der Waals surface area contributed by atoms with E-state index in [1.807, 2.05) is 6.92 Å². The maximum absolute atomic E-state index is 14.0. The number of nitrogens with zero attached hydrogens (tertiary/aromatic N) is 1. The average Bonchev–Trinajstić information content (AvgIpc) is 2.71. The first-order valence-electron chi connectivity index (χ1n) is 9.64. The zero-order chi connectivity index (χ0) is 21.9. The zero-order valence-corrected chi connectivity index (χ0v) is 18.0. The molecule has 0 spiro atoms. The molecule has 0 radical (unpaired) electrons. The highest BCUT2D eigenvalue weighted by atomic mass is 35.5. The fraction of sp³-hybridized carbons (Fsp3) is 0.381. The molecule has 0 aromatic heterocycles. The van der Waals surface area contributed by atoms with E-state index in [0.29, 0.717) is 12.8 Å². The topological polar surface area (TPSA) is 66.5 Å². The predicted molar refractivity (Wildman–Crippen MR) is 111 cm³/mol. The highest BCUT2D eigenvalue weighted by Gasteiger charge is 2.32. The molecule has 1 N–H and O–H groups in total. The minimum Gasteiger partial charge on any atom is -0.349 e. The van der Waals surface area contributed by atoms with Gasteiger partial charge in [0.1, 0.15) is 11.6 Å². The molecule has 1 atom stereocenters. The van der Waals surface area contributed by atoms with E-state index in [1.165, 1.54) is 34.6 Å². The number of hydrogen-bond donors (Lipinski definition) is 1. The number of nitrogens with one attached hydrogen (secondary N) is 1. The summed E-state index contributed by atoms with van der Waals surface area (Å²) in [6, 6.07) is 9.66. The van der Waals surface area contributed by atoms with Crippen LogP contribution in [-0.2, 0) is 20.6 Å². The summed E-state index contributed by atoms with van der Waals surface area (Å²) >= 11 is 5.95. The van der Waals surface area contributed by atoms with Gasteiger partial charge >= 0.3 is 0 Å². The van der Waals surface area contributed by atoms with Crippen molar-refractivity contribution < 1.29 is 22.0 Å². The van der Waals surface area contributed by atoms with Crippen LogP contribution in [0.3, 0.4) is 0 Å². The first-order chi connectivity index (χ1) is 14.2. The van der Waals surface area contributed by atoms with E-state index >= 15 is 0 Å². The van der Waals surface area contributed by atoms with Crippen LogP contribution in [0.25, 0.3) is 0 Å². The molecule has 0 aliphatic carbocycles. The van der Waals surface area contributed by atoms with Crippen LogP contribution < -0.4 is 5.32 Å². The van der Waals surface area contributed by atoms with Gasteiger partial charge in [-0.25, -0.2) is 21.5 Å². The zero-order valence-electron chi connectivity index (χ0n) is 16.4. The van der Waals surface area contributed by atoms with E-state index in [2.05, 4.69) is 5.32 Å². The van der Waals surface area contributed by atoms with Crippen molar-refractivity contribution in [2.45, 2.75) is 31.6 Å². The molecule has 5 nitrogen and oxygen atoms in total. The van der Waals surface area contributed by atoms with Gasteiger partial charge in [-0.05, 0) is 49.6 Å². The second kappa shape index (κ2) is 9.41. The third-order valence-electron chi connectivity index (χ3n) is 5.34. The predicted octanol–water partition coefficient (Wildman–Crippen LogP) is 4.04. The van der Waals surface area contributed by atoms with Crippen LogP contribution in [0.15, 0.2) is 42.5 Å². The summed E-state index contributed by atoms with van der Waals surface area (Å²) in [4.78, 5) is 12.6. The minimum atomic E-state index is -3.76. The van der Waals surface area contributed by atoms with E-state index in [4.69, 9.17) is 11.6 Å². The summed E-state index contributed by atoms with van der Waals surface area (Å²) in [7, 11) is -3.76. The first kappa shape index (κ1) is 22.7. The number of halogens is 3. The lowest BCUT2D eigenvalue weighted by Gasteiger charge is -2.31. The van der Waals surface area contributed by atoms with Crippen molar-refractivity contribution in [3.63, 3.8) is 0 Å². The second-order valence-corrected chi connectivity index (χ2v) is 9.79. The van der Waals surface area contributed by atoms with Gasteiger partial charge in [-0.3, -0.25) is 4.79 Å². The molecular weight excluding hydrogens is 434 g/mol. The molecule has 0 saturated carbocycles. The van der Waals surface area contributed by atoms with Crippen molar-refractivity contribution >= 4 is 27.5 Å². The Morgan fingerprint density at radius 2 is 1.80 bits per heavy atom. The molecular formula is C21H23ClF2N2O3S. The molecule has 1 fully saturated rings. The summed E-state index contributed by atoms with van der Waals surface area (Å²) in [6.45, 7) is 2.16. The molecule has 1 saturated heterocycles. The standard InChI is InChI=1S/C21H23ClF2N2O3S/c1-14(15-5-7-17(23)8-6-15)25-21(27)16-9-11-26(12-10-16)30(28,29)13-18-19(22)3-2-4-20(18)24/h2-8,14,16H,9-13H2,1H3,(H,25,27). The van der Waals surface area contributed by atoms with Gasteiger partial charge in [0.25, 0.3) is 0 Å². The molecule has 1 aliphatic rings. The fourth-order valence-corrected chi connectivity index (χ4v) is 5.42. The van der Waals surface area contributed by atoms with Crippen LogP contribution >= 0.6 is 11.6 Å². The molecule has 9 heteroatoms. The largest absolute Gasteiger partial charge is 0.349 e. The number of sulfonamides is 1. The molecule has 162 valence electrons. The van der Waals surface area contributed by atoms with Crippen molar-refractivity contribution in [1.82, 2.24) is 9.62 Å². The Hall–Kier alpha value is -2.03. The van der Waals surface area contributed by atoms with Crippen LogP contribution in [0.5, 0.6) is 0 Å². The lowest BCUT2D eigenvalue weighted by Crippen LogP contribution is -2.43.